The van der Waals surface area contributed by atoms with Crippen molar-refractivity contribution < 1.29 is 18.7 Å². The Morgan fingerprint density at radius 1 is 1.03 bits per heavy atom. The fourth-order valence-corrected chi connectivity index (χ4v) is 3.09. The molecule has 7 heteroatoms. The van der Waals surface area contributed by atoms with Gasteiger partial charge in [0.05, 0.1) is 18.9 Å². The first-order valence-corrected chi connectivity index (χ1v) is 9.30. The number of halogens is 1. The molecule has 2 aromatic carbocycles. The summed E-state index contributed by atoms with van der Waals surface area (Å²) in [5, 5.41) is 2.78. The third-order valence-corrected chi connectivity index (χ3v) is 4.54. The second-order valence-electron chi connectivity index (χ2n) is 6.53. The van der Waals surface area contributed by atoms with Crippen molar-refractivity contribution in [3.05, 3.63) is 78.4 Å². The lowest BCUT2D eigenvalue weighted by Crippen LogP contribution is -2.36. The van der Waals surface area contributed by atoms with Crippen molar-refractivity contribution in [2.24, 2.45) is 0 Å². The molecule has 1 fully saturated rings. The minimum atomic E-state index is -0.422. The fraction of sp³-hybridized carbons (Fsp3) is 0.182. The largest absolute Gasteiger partial charge is 0.457 e. The second-order valence-corrected chi connectivity index (χ2v) is 6.53. The maximum absolute atomic E-state index is 14.6. The standard InChI is InChI=1S/C22H20FN3O3/c23-20-14-16(4-5-21(20)26-10-12-28-13-11-26)22(27)25-17-2-1-3-19(15-17)29-18-6-8-24-9-7-18/h1-9,14-15H,10-13H2,(H,25,27). The van der Waals surface area contributed by atoms with E-state index in [0.717, 1.165) is 0 Å². The molecule has 6 nitrogen and oxygen atoms in total. The summed E-state index contributed by atoms with van der Waals surface area (Å²) >= 11 is 0. The average Bonchev–Trinajstić information content (AvgIpc) is 2.75. The summed E-state index contributed by atoms with van der Waals surface area (Å²) in [6.07, 6.45) is 3.27. The molecule has 1 aliphatic heterocycles. The molecule has 0 saturated carbocycles. The molecule has 0 spiro atoms. The van der Waals surface area contributed by atoms with Crippen molar-refractivity contribution in [2.45, 2.75) is 0 Å². The van der Waals surface area contributed by atoms with Crippen LogP contribution in [0, 0.1) is 5.82 Å². The Hall–Kier alpha value is -3.45. The molecule has 148 valence electrons. The van der Waals surface area contributed by atoms with Gasteiger partial charge in [-0.2, -0.15) is 0 Å². The fourth-order valence-electron chi connectivity index (χ4n) is 3.09. The monoisotopic (exact) mass is 393 g/mol. The van der Waals surface area contributed by atoms with Crippen LogP contribution in [0.4, 0.5) is 15.8 Å². The van der Waals surface area contributed by atoms with Crippen molar-refractivity contribution >= 4 is 17.3 Å². The van der Waals surface area contributed by atoms with Gasteiger partial charge in [-0.1, -0.05) is 6.07 Å². The summed E-state index contributed by atoms with van der Waals surface area (Å²) in [7, 11) is 0. The van der Waals surface area contributed by atoms with Crippen molar-refractivity contribution in [1.82, 2.24) is 4.98 Å². The molecule has 0 atom stereocenters. The summed E-state index contributed by atoms with van der Waals surface area (Å²) in [5.74, 6) is 0.403. The summed E-state index contributed by atoms with van der Waals surface area (Å²) < 4.78 is 25.6. The van der Waals surface area contributed by atoms with Crippen LogP contribution in [0.2, 0.25) is 0 Å². The highest BCUT2D eigenvalue weighted by Crippen LogP contribution is 2.25. The van der Waals surface area contributed by atoms with Gasteiger partial charge in [-0.05, 0) is 42.5 Å². The Labute approximate surface area is 167 Å². The van der Waals surface area contributed by atoms with Gasteiger partial charge in [0.1, 0.15) is 17.3 Å². The first-order chi connectivity index (χ1) is 14.2. The number of rotatable bonds is 5. The molecular weight excluding hydrogens is 373 g/mol. The van der Waals surface area contributed by atoms with Gasteiger partial charge in [0, 0.05) is 42.8 Å². The molecular formula is C22H20FN3O3. The van der Waals surface area contributed by atoms with Gasteiger partial charge in [-0.25, -0.2) is 4.39 Å². The summed E-state index contributed by atoms with van der Waals surface area (Å²) in [4.78, 5) is 18.4. The van der Waals surface area contributed by atoms with E-state index in [4.69, 9.17) is 9.47 Å². The Bertz CT molecular complexity index is 992. The van der Waals surface area contributed by atoms with Gasteiger partial charge in [0.2, 0.25) is 0 Å². The van der Waals surface area contributed by atoms with Crippen LogP contribution in [0.25, 0.3) is 0 Å². The summed E-state index contributed by atoms with van der Waals surface area (Å²) in [6, 6.07) is 15.0. The zero-order valence-corrected chi connectivity index (χ0v) is 15.7. The molecule has 0 unspecified atom stereocenters. The van der Waals surface area contributed by atoms with Crippen LogP contribution < -0.4 is 15.0 Å². The van der Waals surface area contributed by atoms with Crippen LogP contribution in [0.1, 0.15) is 10.4 Å². The number of nitrogens with zero attached hydrogens (tertiary/aromatic N) is 2. The zero-order valence-electron chi connectivity index (χ0n) is 15.7. The van der Waals surface area contributed by atoms with Gasteiger partial charge in [0.25, 0.3) is 5.91 Å². The van der Waals surface area contributed by atoms with E-state index in [2.05, 4.69) is 10.3 Å². The highest BCUT2D eigenvalue weighted by Gasteiger charge is 2.17. The molecule has 0 aliphatic carbocycles. The molecule has 2 heterocycles. The maximum atomic E-state index is 14.6. The van der Waals surface area contributed by atoms with E-state index in [1.54, 1.807) is 60.9 Å². The Morgan fingerprint density at radius 2 is 1.83 bits per heavy atom. The third-order valence-electron chi connectivity index (χ3n) is 4.54. The highest BCUT2D eigenvalue weighted by atomic mass is 19.1. The van der Waals surface area contributed by atoms with E-state index in [0.29, 0.717) is 49.2 Å². The predicted octanol–water partition coefficient (Wildman–Crippen LogP) is 4.10. The lowest BCUT2D eigenvalue weighted by molar-refractivity contribution is 0.102. The molecule has 29 heavy (non-hydrogen) atoms. The zero-order chi connectivity index (χ0) is 20.1. The van der Waals surface area contributed by atoms with Crippen molar-refractivity contribution in [2.75, 3.05) is 36.5 Å². The number of nitrogens with one attached hydrogen (secondary N) is 1. The topological polar surface area (TPSA) is 63.7 Å². The Kier molecular flexibility index (Phi) is 5.67. The Morgan fingerprint density at radius 3 is 2.59 bits per heavy atom. The number of pyridine rings is 1. The number of carbonyl (C=O) groups is 1. The van der Waals surface area contributed by atoms with Gasteiger partial charge >= 0.3 is 0 Å². The minimum absolute atomic E-state index is 0.250. The first-order valence-electron chi connectivity index (χ1n) is 9.30. The molecule has 1 saturated heterocycles. The van der Waals surface area contributed by atoms with Gasteiger partial charge in [-0.3, -0.25) is 9.78 Å². The second kappa shape index (κ2) is 8.70. The molecule has 1 amide bonds. The molecule has 0 bridgehead atoms. The van der Waals surface area contributed by atoms with Gasteiger partial charge < -0.3 is 19.7 Å². The number of anilines is 2. The van der Waals surface area contributed by atoms with Crippen LogP contribution >= 0.6 is 0 Å². The SMILES string of the molecule is O=C(Nc1cccc(Oc2ccncc2)c1)c1ccc(N2CCOCC2)c(F)c1. The Balaban J connectivity index is 1.45. The smallest absolute Gasteiger partial charge is 0.255 e. The molecule has 1 aliphatic rings. The number of carbonyl (C=O) groups excluding carboxylic acids is 1. The van der Waals surface area contributed by atoms with Gasteiger partial charge in [0.15, 0.2) is 0 Å². The van der Waals surface area contributed by atoms with Crippen LogP contribution in [0.5, 0.6) is 11.5 Å². The number of benzene rings is 2. The third kappa shape index (κ3) is 4.70. The van der Waals surface area contributed by atoms with Crippen LogP contribution in [0.15, 0.2) is 67.0 Å². The molecule has 3 aromatic rings. The average molecular weight is 393 g/mol. The van der Waals surface area contributed by atoms with Crippen molar-refractivity contribution in [1.29, 1.82) is 0 Å². The van der Waals surface area contributed by atoms with E-state index >= 15 is 0 Å². The number of amides is 1. The van der Waals surface area contributed by atoms with Crippen molar-refractivity contribution in [3.8, 4) is 11.5 Å². The number of hydrogen-bond acceptors (Lipinski definition) is 5. The summed E-state index contributed by atoms with van der Waals surface area (Å²) in [5.41, 5.74) is 1.29. The summed E-state index contributed by atoms with van der Waals surface area (Å²) in [6.45, 7) is 2.40. The molecule has 4 rings (SSSR count). The first kappa shape index (κ1) is 18.9. The molecule has 0 radical (unpaired) electrons. The lowest BCUT2D eigenvalue weighted by Gasteiger charge is -2.29. The van der Waals surface area contributed by atoms with Crippen molar-refractivity contribution in [3.63, 3.8) is 0 Å². The predicted molar refractivity (Wildman–Crippen MR) is 108 cm³/mol. The van der Waals surface area contributed by atoms with E-state index in [1.165, 1.54) is 6.07 Å². The quantitative estimate of drug-likeness (QED) is 0.707. The van der Waals surface area contributed by atoms with Crippen LogP contribution in [0.3, 0.4) is 0 Å². The van der Waals surface area contributed by atoms with E-state index in [9.17, 15) is 9.18 Å². The lowest BCUT2D eigenvalue weighted by atomic mass is 10.1. The number of aromatic nitrogens is 1. The number of hydrogen-bond donors (Lipinski definition) is 1. The van der Waals surface area contributed by atoms with E-state index in [1.807, 2.05) is 4.90 Å². The minimum Gasteiger partial charge on any atom is -0.457 e. The maximum Gasteiger partial charge on any atom is 0.255 e. The highest BCUT2D eigenvalue weighted by molar-refractivity contribution is 6.04. The molecule has 1 N–H and O–H groups in total. The van der Waals surface area contributed by atoms with E-state index in [-0.39, 0.29) is 5.56 Å². The van der Waals surface area contributed by atoms with Crippen LogP contribution in [-0.4, -0.2) is 37.2 Å². The number of ether oxygens (including phenoxy) is 2. The normalized spacial score (nSPS) is 13.8. The van der Waals surface area contributed by atoms with E-state index < -0.39 is 11.7 Å². The van der Waals surface area contributed by atoms with Gasteiger partial charge in [-0.15, -0.1) is 0 Å². The van der Waals surface area contributed by atoms with Crippen LogP contribution in [-0.2, 0) is 4.74 Å². The number of morpholine rings is 1. The molecule has 1 aromatic heterocycles.